The average Bonchev–Trinajstić information content (AvgIpc) is 2.24. The van der Waals surface area contributed by atoms with Crippen molar-refractivity contribution in [1.29, 1.82) is 0 Å². The molecule has 0 aromatic rings. The molecule has 1 saturated carbocycles. The number of alkyl halides is 1. The van der Waals surface area contributed by atoms with Crippen LogP contribution in [0.4, 0.5) is 0 Å². The zero-order valence-corrected chi connectivity index (χ0v) is 12.1. The van der Waals surface area contributed by atoms with Gasteiger partial charge in [-0.15, -0.1) is 0 Å². The second-order valence-electron chi connectivity index (χ2n) is 5.35. The molecular formula is C14H27BrO. The lowest BCUT2D eigenvalue weighted by Gasteiger charge is -2.28. The van der Waals surface area contributed by atoms with Crippen LogP contribution in [0.2, 0.25) is 0 Å². The van der Waals surface area contributed by atoms with E-state index in [9.17, 15) is 5.11 Å². The van der Waals surface area contributed by atoms with E-state index >= 15 is 0 Å². The molecule has 1 N–H and O–H groups in total. The van der Waals surface area contributed by atoms with Crippen LogP contribution in [-0.2, 0) is 0 Å². The fourth-order valence-electron chi connectivity index (χ4n) is 2.70. The van der Waals surface area contributed by atoms with Crippen LogP contribution in [0, 0.1) is 0 Å². The molecule has 0 unspecified atom stereocenters. The van der Waals surface area contributed by atoms with Gasteiger partial charge in [0.2, 0.25) is 0 Å². The van der Waals surface area contributed by atoms with Crippen LogP contribution in [0.5, 0.6) is 0 Å². The van der Waals surface area contributed by atoms with Gasteiger partial charge >= 0.3 is 0 Å². The first-order valence-corrected chi connectivity index (χ1v) is 8.17. The maximum Gasteiger partial charge on any atom is 0.0655 e. The zero-order chi connectivity index (χ0) is 11.7. The molecule has 96 valence electrons. The van der Waals surface area contributed by atoms with Crippen LogP contribution in [0.3, 0.4) is 0 Å². The molecule has 1 rings (SSSR count). The van der Waals surface area contributed by atoms with Gasteiger partial charge in [0.05, 0.1) is 5.60 Å². The first-order valence-electron chi connectivity index (χ1n) is 7.05. The number of rotatable bonds is 2. The average molecular weight is 291 g/mol. The lowest BCUT2D eigenvalue weighted by Crippen LogP contribution is -2.29. The van der Waals surface area contributed by atoms with Crippen LogP contribution in [0.1, 0.15) is 77.0 Å². The number of hydrogen-bond donors (Lipinski definition) is 1. The maximum atomic E-state index is 10.5. The van der Waals surface area contributed by atoms with E-state index in [0.29, 0.717) is 0 Å². The smallest absolute Gasteiger partial charge is 0.0655 e. The van der Waals surface area contributed by atoms with Crippen LogP contribution >= 0.6 is 15.9 Å². The molecule has 0 saturated heterocycles. The molecule has 0 atom stereocenters. The van der Waals surface area contributed by atoms with Crippen LogP contribution in [0.15, 0.2) is 0 Å². The fraction of sp³-hybridized carbons (Fsp3) is 1.00. The predicted octanol–water partition coefficient (Wildman–Crippen LogP) is 4.81. The van der Waals surface area contributed by atoms with Crippen molar-refractivity contribution >= 4 is 15.9 Å². The molecule has 2 heteroatoms. The van der Waals surface area contributed by atoms with E-state index in [2.05, 4.69) is 15.9 Å². The Kier molecular flexibility index (Phi) is 7.72. The predicted molar refractivity (Wildman–Crippen MR) is 74.1 cm³/mol. The molecule has 1 nitrogen and oxygen atoms in total. The van der Waals surface area contributed by atoms with Crippen LogP contribution in [-0.4, -0.2) is 16.0 Å². The van der Waals surface area contributed by atoms with Gasteiger partial charge in [-0.25, -0.2) is 0 Å². The molecule has 0 aromatic carbocycles. The highest BCUT2D eigenvalue weighted by Crippen LogP contribution is 2.28. The molecule has 0 bridgehead atoms. The summed E-state index contributed by atoms with van der Waals surface area (Å²) < 4.78 is 0. The topological polar surface area (TPSA) is 20.2 Å². The van der Waals surface area contributed by atoms with E-state index in [-0.39, 0.29) is 5.60 Å². The van der Waals surface area contributed by atoms with E-state index < -0.39 is 0 Å². The van der Waals surface area contributed by atoms with Gasteiger partial charge in [-0.2, -0.15) is 0 Å². The van der Waals surface area contributed by atoms with Crippen molar-refractivity contribution in [3.8, 4) is 0 Å². The second kappa shape index (κ2) is 8.52. The fourth-order valence-corrected chi connectivity index (χ4v) is 3.43. The van der Waals surface area contributed by atoms with Crippen LogP contribution in [0.25, 0.3) is 0 Å². The molecule has 0 heterocycles. The molecule has 0 spiro atoms. The Morgan fingerprint density at radius 1 is 0.750 bits per heavy atom. The highest BCUT2D eigenvalue weighted by molar-refractivity contribution is 9.09. The molecule has 0 aliphatic heterocycles. The minimum Gasteiger partial charge on any atom is -0.390 e. The molecular weight excluding hydrogens is 264 g/mol. The monoisotopic (exact) mass is 290 g/mol. The summed E-state index contributed by atoms with van der Waals surface area (Å²) in [5.74, 6) is 0. The molecule has 1 aliphatic rings. The zero-order valence-electron chi connectivity index (χ0n) is 10.5. The summed E-state index contributed by atoms with van der Waals surface area (Å²) in [5, 5.41) is 11.5. The van der Waals surface area contributed by atoms with Gasteiger partial charge in [0, 0.05) is 5.33 Å². The minimum atomic E-state index is -0.372. The summed E-state index contributed by atoms with van der Waals surface area (Å²) in [6.45, 7) is 0. The quantitative estimate of drug-likeness (QED) is 0.724. The van der Waals surface area contributed by atoms with Crippen molar-refractivity contribution in [2.24, 2.45) is 0 Å². The van der Waals surface area contributed by atoms with Gasteiger partial charge in [-0.05, 0) is 19.3 Å². The lowest BCUT2D eigenvalue weighted by molar-refractivity contribution is 0.0151. The third-order valence-corrected chi connectivity index (χ3v) is 4.24. The summed E-state index contributed by atoms with van der Waals surface area (Å²) in [6, 6.07) is 0. The van der Waals surface area contributed by atoms with E-state index in [1.54, 1.807) is 0 Å². The van der Waals surface area contributed by atoms with Crippen molar-refractivity contribution in [3.05, 3.63) is 0 Å². The third-order valence-electron chi connectivity index (χ3n) is 3.84. The number of aliphatic hydroxyl groups is 1. The minimum absolute atomic E-state index is 0.372. The molecule has 1 aliphatic carbocycles. The van der Waals surface area contributed by atoms with E-state index in [0.717, 1.165) is 24.6 Å². The Hall–Kier alpha value is 0.440. The van der Waals surface area contributed by atoms with Crippen molar-refractivity contribution in [1.82, 2.24) is 0 Å². The van der Waals surface area contributed by atoms with Crippen LogP contribution < -0.4 is 0 Å². The first kappa shape index (κ1) is 14.5. The van der Waals surface area contributed by atoms with Gasteiger partial charge in [0.1, 0.15) is 0 Å². The number of halogens is 1. The summed E-state index contributed by atoms with van der Waals surface area (Å²) in [7, 11) is 0. The Labute approximate surface area is 109 Å². The highest BCUT2D eigenvalue weighted by Gasteiger charge is 2.24. The third kappa shape index (κ3) is 6.24. The van der Waals surface area contributed by atoms with Crippen molar-refractivity contribution in [3.63, 3.8) is 0 Å². The summed E-state index contributed by atoms with van der Waals surface area (Å²) in [6.07, 6.45) is 14.9. The van der Waals surface area contributed by atoms with E-state index in [1.165, 1.54) is 57.8 Å². The molecule has 0 amide bonds. The molecule has 0 aromatic heterocycles. The van der Waals surface area contributed by atoms with E-state index in [1.807, 2.05) is 0 Å². The Morgan fingerprint density at radius 2 is 1.12 bits per heavy atom. The Morgan fingerprint density at radius 3 is 1.50 bits per heavy atom. The lowest BCUT2D eigenvalue weighted by atomic mass is 9.87. The number of hydrogen-bond acceptors (Lipinski definition) is 1. The van der Waals surface area contributed by atoms with Gasteiger partial charge in [-0.1, -0.05) is 73.7 Å². The SMILES string of the molecule is OC1(CCBr)CCCCCCCCCCC1. The van der Waals surface area contributed by atoms with Crippen molar-refractivity contribution in [2.45, 2.75) is 82.7 Å². The first-order chi connectivity index (χ1) is 7.77. The summed E-state index contributed by atoms with van der Waals surface area (Å²) in [5.41, 5.74) is -0.372. The largest absolute Gasteiger partial charge is 0.390 e. The summed E-state index contributed by atoms with van der Waals surface area (Å²) >= 11 is 3.47. The Bertz CT molecular complexity index is 158. The van der Waals surface area contributed by atoms with Crippen molar-refractivity contribution < 1.29 is 5.11 Å². The van der Waals surface area contributed by atoms with Gasteiger partial charge in [0.25, 0.3) is 0 Å². The van der Waals surface area contributed by atoms with Gasteiger partial charge < -0.3 is 5.11 Å². The van der Waals surface area contributed by atoms with Gasteiger partial charge in [-0.3, -0.25) is 0 Å². The molecule has 0 radical (unpaired) electrons. The Balaban J connectivity index is 2.35. The van der Waals surface area contributed by atoms with Crippen molar-refractivity contribution in [2.75, 3.05) is 5.33 Å². The van der Waals surface area contributed by atoms with Gasteiger partial charge in [0.15, 0.2) is 0 Å². The standard InChI is InChI=1S/C14H27BrO/c15-13-12-14(16)10-8-6-4-2-1-3-5-7-9-11-14/h16H,1-13H2. The second-order valence-corrected chi connectivity index (χ2v) is 6.14. The van der Waals surface area contributed by atoms with E-state index in [4.69, 9.17) is 0 Å². The molecule has 16 heavy (non-hydrogen) atoms. The highest BCUT2D eigenvalue weighted by atomic mass is 79.9. The summed E-state index contributed by atoms with van der Waals surface area (Å²) in [4.78, 5) is 0. The molecule has 1 fully saturated rings. The maximum absolute atomic E-state index is 10.5. The normalized spacial score (nSPS) is 24.4.